The van der Waals surface area contributed by atoms with E-state index in [0.29, 0.717) is 5.92 Å². The number of hydrogen-bond donors (Lipinski definition) is 1. The zero-order valence-electron chi connectivity index (χ0n) is 11.7. The number of aromatic amines is 1. The summed E-state index contributed by atoms with van der Waals surface area (Å²) >= 11 is 5.08. The maximum atomic E-state index is 11.0. The van der Waals surface area contributed by atoms with Crippen molar-refractivity contribution in [2.45, 2.75) is 34.1 Å². The zero-order chi connectivity index (χ0) is 14.4. The number of thiazole rings is 1. The number of pyridine rings is 1. The number of halogens is 1. The summed E-state index contributed by atoms with van der Waals surface area (Å²) in [4.78, 5) is 19.4. The van der Waals surface area contributed by atoms with Gasteiger partial charge in [-0.2, -0.15) is 0 Å². The molecule has 0 aliphatic carbocycles. The second kappa shape index (κ2) is 7.60. The molecule has 2 aromatic heterocycles. The summed E-state index contributed by atoms with van der Waals surface area (Å²) in [6.45, 7) is 8.37. The van der Waals surface area contributed by atoms with E-state index in [9.17, 15) is 4.79 Å². The number of rotatable bonds is 3. The first kappa shape index (κ1) is 16.1. The Morgan fingerprint density at radius 3 is 2.58 bits per heavy atom. The summed E-state index contributed by atoms with van der Waals surface area (Å²) in [7, 11) is 0. The van der Waals surface area contributed by atoms with Crippen LogP contribution in [0.25, 0.3) is 11.3 Å². The molecule has 19 heavy (non-hydrogen) atoms. The fourth-order valence-corrected chi connectivity index (χ4v) is 3.40. The zero-order valence-corrected chi connectivity index (χ0v) is 14.1. The van der Waals surface area contributed by atoms with E-state index in [4.69, 9.17) is 0 Å². The second-order valence-corrected chi connectivity index (χ2v) is 6.64. The van der Waals surface area contributed by atoms with Crippen molar-refractivity contribution in [1.29, 1.82) is 0 Å². The molecule has 0 aliphatic heterocycles. The molecular formula is C14H19BrN2OS. The van der Waals surface area contributed by atoms with Gasteiger partial charge in [-0.1, -0.05) is 27.7 Å². The summed E-state index contributed by atoms with van der Waals surface area (Å²) in [5, 5.41) is 0. The molecule has 0 amide bonds. The SMILES string of the molecule is CC.CC(C)Cc1sc(Br)nc1-c1ccc(=O)[nH]c1. The van der Waals surface area contributed by atoms with Crippen molar-refractivity contribution in [3.8, 4) is 11.3 Å². The second-order valence-electron chi connectivity index (χ2n) is 4.28. The molecule has 0 radical (unpaired) electrons. The van der Waals surface area contributed by atoms with Crippen molar-refractivity contribution in [3.05, 3.63) is 37.5 Å². The lowest BCUT2D eigenvalue weighted by Gasteiger charge is -2.04. The molecule has 0 aromatic carbocycles. The molecule has 0 atom stereocenters. The summed E-state index contributed by atoms with van der Waals surface area (Å²) < 4.78 is 0.884. The third kappa shape index (κ3) is 4.58. The van der Waals surface area contributed by atoms with Crippen molar-refractivity contribution in [2.75, 3.05) is 0 Å². The third-order valence-corrected chi connectivity index (χ3v) is 3.85. The lowest BCUT2D eigenvalue weighted by molar-refractivity contribution is 0.654. The normalized spacial score (nSPS) is 10.2. The van der Waals surface area contributed by atoms with Crippen molar-refractivity contribution in [1.82, 2.24) is 9.97 Å². The van der Waals surface area contributed by atoms with Crippen molar-refractivity contribution >= 4 is 27.3 Å². The van der Waals surface area contributed by atoms with Crippen LogP contribution in [0.3, 0.4) is 0 Å². The quantitative estimate of drug-likeness (QED) is 0.893. The molecule has 2 rings (SSSR count). The fourth-order valence-electron chi connectivity index (χ4n) is 1.62. The molecule has 0 saturated heterocycles. The van der Waals surface area contributed by atoms with E-state index >= 15 is 0 Å². The van der Waals surface area contributed by atoms with Gasteiger partial charge in [-0.15, -0.1) is 11.3 Å². The minimum Gasteiger partial charge on any atom is -0.328 e. The highest BCUT2D eigenvalue weighted by Crippen LogP contribution is 2.32. The van der Waals surface area contributed by atoms with Crippen LogP contribution in [0, 0.1) is 5.92 Å². The average molecular weight is 343 g/mol. The molecule has 3 nitrogen and oxygen atoms in total. The monoisotopic (exact) mass is 342 g/mol. The standard InChI is InChI=1S/C12H13BrN2OS.C2H6/c1-7(2)5-9-11(15-12(13)17-9)8-3-4-10(16)14-6-8;1-2/h3-4,6-7H,5H2,1-2H3,(H,14,16);1-2H3. The first-order chi connectivity index (χ1) is 9.06. The number of aromatic nitrogens is 2. The van der Waals surface area contributed by atoms with E-state index in [1.165, 1.54) is 10.9 Å². The van der Waals surface area contributed by atoms with Gasteiger partial charge in [0.05, 0.1) is 5.69 Å². The van der Waals surface area contributed by atoms with Crippen LogP contribution in [0.5, 0.6) is 0 Å². The highest BCUT2D eigenvalue weighted by molar-refractivity contribution is 9.11. The molecule has 2 heterocycles. The van der Waals surface area contributed by atoms with Crippen LogP contribution in [0.2, 0.25) is 0 Å². The van der Waals surface area contributed by atoms with Gasteiger partial charge in [0.25, 0.3) is 0 Å². The van der Waals surface area contributed by atoms with Gasteiger partial charge in [-0.3, -0.25) is 4.79 Å². The van der Waals surface area contributed by atoms with E-state index in [-0.39, 0.29) is 5.56 Å². The molecule has 2 aromatic rings. The predicted molar refractivity (Wildman–Crippen MR) is 85.8 cm³/mol. The van der Waals surface area contributed by atoms with Gasteiger partial charge in [0.2, 0.25) is 5.56 Å². The van der Waals surface area contributed by atoms with Crippen LogP contribution < -0.4 is 5.56 Å². The van der Waals surface area contributed by atoms with Gasteiger partial charge in [-0.05, 0) is 34.3 Å². The Kier molecular flexibility index (Phi) is 6.45. The maximum Gasteiger partial charge on any atom is 0.247 e. The van der Waals surface area contributed by atoms with E-state index in [0.717, 1.165) is 21.6 Å². The Morgan fingerprint density at radius 1 is 1.37 bits per heavy atom. The predicted octanol–water partition coefficient (Wildman–Crippen LogP) is 4.49. The van der Waals surface area contributed by atoms with Crippen LogP contribution in [-0.2, 0) is 6.42 Å². The Bertz CT molecular complexity index is 555. The summed E-state index contributed by atoms with van der Waals surface area (Å²) in [6, 6.07) is 3.34. The lowest BCUT2D eigenvalue weighted by Crippen LogP contribution is -2.02. The van der Waals surface area contributed by atoms with Gasteiger partial charge in [-0.25, -0.2) is 4.98 Å². The van der Waals surface area contributed by atoms with E-state index in [1.54, 1.807) is 17.5 Å². The maximum absolute atomic E-state index is 11.0. The number of nitrogens with zero attached hydrogens (tertiary/aromatic N) is 1. The number of nitrogens with one attached hydrogen (secondary N) is 1. The van der Waals surface area contributed by atoms with Crippen LogP contribution >= 0.6 is 27.3 Å². The van der Waals surface area contributed by atoms with Crippen LogP contribution in [0.15, 0.2) is 27.0 Å². The minimum absolute atomic E-state index is 0.0894. The Labute approximate surface area is 126 Å². The van der Waals surface area contributed by atoms with Gasteiger partial charge >= 0.3 is 0 Å². The summed E-state index contributed by atoms with van der Waals surface area (Å²) in [6.07, 6.45) is 2.71. The van der Waals surface area contributed by atoms with Gasteiger partial charge in [0.15, 0.2) is 3.92 Å². The first-order valence-electron chi connectivity index (χ1n) is 6.40. The van der Waals surface area contributed by atoms with Crippen molar-refractivity contribution in [3.63, 3.8) is 0 Å². The highest BCUT2D eigenvalue weighted by atomic mass is 79.9. The largest absolute Gasteiger partial charge is 0.328 e. The minimum atomic E-state index is -0.0894. The molecule has 104 valence electrons. The van der Waals surface area contributed by atoms with Crippen molar-refractivity contribution < 1.29 is 0 Å². The van der Waals surface area contributed by atoms with E-state index in [1.807, 2.05) is 19.9 Å². The molecule has 0 bridgehead atoms. The molecule has 5 heteroatoms. The smallest absolute Gasteiger partial charge is 0.247 e. The van der Waals surface area contributed by atoms with Gasteiger partial charge in [0.1, 0.15) is 0 Å². The van der Waals surface area contributed by atoms with E-state index < -0.39 is 0 Å². The van der Waals surface area contributed by atoms with E-state index in [2.05, 4.69) is 39.7 Å². The third-order valence-electron chi connectivity index (χ3n) is 2.32. The Balaban J connectivity index is 0.000000861. The first-order valence-corrected chi connectivity index (χ1v) is 8.01. The topological polar surface area (TPSA) is 45.8 Å². The molecule has 0 aliphatic rings. The molecule has 0 saturated carbocycles. The lowest BCUT2D eigenvalue weighted by atomic mass is 10.1. The molecule has 0 unspecified atom stereocenters. The molecule has 0 spiro atoms. The van der Waals surface area contributed by atoms with Gasteiger partial charge < -0.3 is 4.98 Å². The van der Waals surface area contributed by atoms with Gasteiger partial charge in [0, 0.05) is 22.7 Å². The van der Waals surface area contributed by atoms with Crippen molar-refractivity contribution in [2.24, 2.45) is 5.92 Å². The fraction of sp³-hybridized carbons (Fsp3) is 0.429. The average Bonchev–Trinajstić information content (AvgIpc) is 2.73. The molecule has 1 N–H and O–H groups in total. The molecular weight excluding hydrogens is 324 g/mol. The highest BCUT2D eigenvalue weighted by Gasteiger charge is 2.13. The van der Waals surface area contributed by atoms with Crippen LogP contribution in [-0.4, -0.2) is 9.97 Å². The molecule has 0 fully saturated rings. The number of H-pyrrole nitrogens is 1. The summed E-state index contributed by atoms with van der Waals surface area (Å²) in [5.74, 6) is 0.587. The summed E-state index contributed by atoms with van der Waals surface area (Å²) in [5.41, 5.74) is 1.84. The Hall–Kier alpha value is -0.940. The Morgan fingerprint density at radius 2 is 2.05 bits per heavy atom. The van der Waals surface area contributed by atoms with Crippen LogP contribution in [0.4, 0.5) is 0 Å². The number of hydrogen-bond acceptors (Lipinski definition) is 3. The van der Waals surface area contributed by atoms with Crippen LogP contribution in [0.1, 0.15) is 32.6 Å².